The summed E-state index contributed by atoms with van der Waals surface area (Å²) in [6.45, 7) is 3.07. The summed E-state index contributed by atoms with van der Waals surface area (Å²) in [6, 6.07) is 8.36. The smallest absolute Gasteiger partial charge is 0.288 e. The van der Waals surface area contributed by atoms with Crippen LogP contribution in [0.25, 0.3) is 0 Å². The van der Waals surface area contributed by atoms with E-state index in [9.17, 15) is 8.78 Å². The molecule has 19 heavy (non-hydrogen) atoms. The quantitative estimate of drug-likeness (QED) is 0.852. The van der Waals surface area contributed by atoms with Gasteiger partial charge in [-0.1, -0.05) is 23.9 Å². The van der Waals surface area contributed by atoms with E-state index in [1.165, 1.54) is 0 Å². The van der Waals surface area contributed by atoms with Gasteiger partial charge in [-0.3, -0.25) is 0 Å². The fourth-order valence-electron chi connectivity index (χ4n) is 2.68. The number of alkyl halides is 2. The Labute approximate surface area is 117 Å². The van der Waals surface area contributed by atoms with Crippen LogP contribution in [0.5, 0.6) is 0 Å². The predicted octanol–water partition coefficient (Wildman–Crippen LogP) is 3.58. The van der Waals surface area contributed by atoms with Crippen LogP contribution in [0.3, 0.4) is 0 Å². The lowest BCUT2D eigenvalue weighted by molar-refractivity contribution is 0.252. The number of anilines is 1. The number of hydrogen-bond acceptors (Lipinski definition) is 3. The van der Waals surface area contributed by atoms with Crippen LogP contribution >= 0.6 is 11.8 Å². The van der Waals surface area contributed by atoms with Crippen molar-refractivity contribution in [1.29, 1.82) is 0 Å². The molecule has 0 spiro atoms. The minimum Gasteiger partial charge on any atom is -0.368 e. The molecule has 106 valence electrons. The van der Waals surface area contributed by atoms with E-state index in [2.05, 4.69) is 17.1 Å². The summed E-state index contributed by atoms with van der Waals surface area (Å²) in [7, 11) is 1.98. The minimum absolute atomic E-state index is 0.366. The molecule has 1 aliphatic rings. The molecule has 1 heterocycles. The molecule has 2 unspecified atom stereocenters. The van der Waals surface area contributed by atoms with Gasteiger partial charge >= 0.3 is 0 Å². The van der Waals surface area contributed by atoms with Gasteiger partial charge in [0.15, 0.2) is 0 Å². The van der Waals surface area contributed by atoms with Gasteiger partial charge in [0.05, 0.1) is 5.69 Å². The Morgan fingerprint density at radius 3 is 2.74 bits per heavy atom. The molecule has 1 aromatic rings. The van der Waals surface area contributed by atoms with E-state index in [4.69, 9.17) is 0 Å². The van der Waals surface area contributed by atoms with Crippen molar-refractivity contribution in [1.82, 2.24) is 5.32 Å². The van der Waals surface area contributed by atoms with Crippen molar-refractivity contribution in [2.45, 2.75) is 42.5 Å². The van der Waals surface area contributed by atoms with Crippen molar-refractivity contribution >= 4 is 17.4 Å². The first-order valence-corrected chi connectivity index (χ1v) is 7.47. The number of para-hydroxylation sites is 1. The first-order valence-electron chi connectivity index (χ1n) is 6.59. The van der Waals surface area contributed by atoms with E-state index in [0.29, 0.717) is 28.7 Å². The number of thioether (sulfide) groups is 1. The Bertz CT molecular complexity index is 414. The topological polar surface area (TPSA) is 15.3 Å². The molecule has 0 saturated carbocycles. The van der Waals surface area contributed by atoms with E-state index < -0.39 is 5.76 Å². The van der Waals surface area contributed by atoms with Crippen molar-refractivity contribution in [3.8, 4) is 0 Å². The fraction of sp³-hybridized carbons (Fsp3) is 0.571. The molecule has 1 aromatic carbocycles. The van der Waals surface area contributed by atoms with Crippen molar-refractivity contribution in [2.75, 3.05) is 18.5 Å². The highest BCUT2D eigenvalue weighted by Gasteiger charge is 2.26. The average Bonchev–Trinajstić information content (AvgIpc) is 2.39. The number of halogens is 2. The monoisotopic (exact) mass is 286 g/mol. The van der Waals surface area contributed by atoms with Crippen LogP contribution in [0.2, 0.25) is 0 Å². The maximum atomic E-state index is 12.6. The Morgan fingerprint density at radius 1 is 1.37 bits per heavy atom. The van der Waals surface area contributed by atoms with E-state index in [1.807, 2.05) is 25.2 Å². The first-order chi connectivity index (χ1) is 9.11. The van der Waals surface area contributed by atoms with Crippen LogP contribution in [-0.2, 0) is 0 Å². The summed E-state index contributed by atoms with van der Waals surface area (Å²) in [6.07, 6.45) is 2.10. The normalized spacial score (nSPS) is 23.9. The van der Waals surface area contributed by atoms with Gasteiger partial charge in [0.25, 0.3) is 5.76 Å². The second kappa shape index (κ2) is 6.57. The number of nitrogens with one attached hydrogen (secondary N) is 1. The van der Waals surface area contributed by atoms with E-state index in [1.54, 1.807) is 6.07 Å². The molecule has 5 heteroatoms. The van der Waals surface area contributed by atoms with Crippen LogP contribution in [0.1, 0.15) is 19.8 Å². The molecule has 2 rings (SSSR count). The number of nitrogens with zero attached hydrogens (tertiary/aromatic N) is 1. The van der Waals surface area contributed by atoms with Gasteiger partial charge in [-0.25, -0.2) is 0 Å². The fourth-order valence-corrected chi connectivity index (χ4v) is 3.34. The maximum Gasteiger partial charge on any atom is 0.288 e. The van der Waals surface area contributed by atoms with E-state index in [-0.39, 0.29) is 0 Å². The first kappa shape index (κ1) is 14.6. The lowest BCUT2D eigenvalue weighted by atomic mass is 9.98. The zero-order valence-corrected chi connectivity index (χ0v) is 12.1. The molecule has 0 amide bonds. The second-order valence-corrected chi connectivity index (χ2v) is 5.93. The Balaban J connectivity index is 2.17. The zero-order valence-electron chi connectivity index (χ0n) is 11.3. The Morgan fingerprint density at radius 2 is 2.11 bits per heavy atom. The lowest BCUT2D eigenvalue weighted by Crippen LogP contribution is -2.46. The molecule has 2 nitrogen and oxygen atoms in total. The summed E-state index contributed by atoms with van der Waals surface area (Å²) >= 11 is 0.637. The number of rotatable bonds is 4. The second-order valence-electron chi connectivity index (χ2n) is 4.90. The van der Waals surface area contributed by atoms with E-state index >= 15 is 0 Å². The molecule has 1 saturated heterocycles. The van der Waals surface area contributed by atoms with Gasteiger partial charge in [-0.2, -0.15) is 8.78 Å². The van der Waals surface area contributed by atoms with Crippen molar-refractivity contribution < 1.29 is 8.78 Å². The van der Waals surface area contributed by atoms with Crippen molar-refractivity contribution in [2.24, 2.45) is 0 Å². The molecule has 1 N–H and O–H groups in total. The van der Waals surface area contributed by atoms with Crippen LogP contribution in [0, 0.1) is 0 Å². The van der Waals surface area contributed by atoms with Crippen LogP contribution in [0.4, 0.5) is 14.5 Å². The molecule has 2 atom stereocenters. The Hall–Kier alpha value is -0.810. The molecule has 1 fully saturated rings. The molecule has 1 aliphatic heterocycles. The summed E-state index contributed by atoms with van der Waals surface area (Å²) in [5.74, 6) is -2.37. The Kier molecular flexibility index (Phi) is 5.05. The van der Waals surface area contributed by atoms with E-state index in [0.717, 1.165) is 25.1 Å². The highest BCUT2D eigenvalue weighted by atomic mass is 32.2. The van der Waals surface area contributed by atoms with Gasteiger partial charge in [0.2, 0.25) is 0 Å². The molecule has 0 radical (unpaired) electrons. The molecule has 0 aliphatic carbocycles. The van der Waals surface area contributed by atoms with Gasteiger partial charge in [-0.15, -0.1) is 0 Å². The number of piperidine rings is 1. The van der Waals surface area contributed by atoms with Crippen molar-refractivity contribution in [3.05, 3.63) is 24.3 Å². The highest BCUT2D eigenvalue weighted by molar-refractivity contribution is 7.99. The SMILES string of the molecule is CNC1CCN(c2ccccc2SC(F)F)C(C)C1. The lowest BCUT2D eigenvalue weighted by Gasteiger charge is -2.40. The largest absolute Gasteiger partial charge is 0.368 e. The zero-order chi connectivity index (χ0) is 13.8. The van der Waals surface area contributed by atoms with Crippen molar-refractivity contribution in [3.63, 3.8) is 0 Å². The third-order valence-corrected chi connectivity index (χ3v) is 4.45. The van der Waals surface area contributed by atoms with Gasteiger partial charge in [0.1, 0.15) is 0 Å². The van der Waals surface area contributed by atoms with Gasteiger partial charge in [-0.05, 0) is 38.9 Å². The average molecular weight is 286 g/mol. The number of hydrogen-bond donors (Lipinski definition) is 1. The third-order valence-electron chi connectivity index (χ3n) is 3.68. The highest BCUT2D eigenvalue weighted by Crippen LogP contribution is 2.36. The molecular formula is C14H20F2N2S. The standard InChI is InChI=1S/C14H20F2N2S/c1-10-9-11(17-2)7-8-18(10)12-5-3-4-6-13(12)19-14(15)16/h3-6,10-11,14,17H,7-9H2,1-2H3. The molecule has 0 bridgehead atoms. The summed E-state index contributed by atoms with van der Waals surface area (Å²) in [5.41, 5.74) is 0.940. The maximum absolute atomic E-state index is 12.6. The van der Waals surface area contributed by atoms with Crippen LogP contribution in [0.15, 0.2) is 29.2 Å². The number of benzene rings is 1. The van der Waals surface area contributed by atoms with Crippen LogP contribution in [-0.4, -0.2) is 31.4 Å². The van der Waals surface area contributed by atoms with Gasteiger partial charge in [0, 0.05) is 23.5 Å². The van der Waals surface area contributed by atoms with Crippen LogP contribution < -0.4 is 10.2 Å². The third kappa shape index (κ3) is 3.60. The van der Waals surface area contributed by atoms with Gasteiger partial charge < -0.3 is 10.2 Å². The molecular weight excluding hydrogens is 266 g/mol. The summed E-state index contributed by atoms with van der Waals surface area (Å²) < 4.78 is 25.2. The molecule has 0 aromatic heterocycles. The predicted molar refractivity (Wildman–Crippen MR) is 77.2 cm³/mol. The minimum atomic E-state index is -2.37. The summed E-state index contributed by atoms with van der Waals surface area (Å²) in [5, 5.41) is 3.30. The summed E-state index contributed by atoms with van der Waals surface area (Å²) in [4.78, 5) is 2.92.